The van der Waals surface area contributed by atoms with E-state index in [0.29, 0.717) is 5.92 Å². The molecule has 3 heteroatoms. The number of benzene rings is 1. The highest BCUT2D eigenvalue weighted by atomic mass is 79.9. The molecule has 0 bridgehead atoms. The van der Waals surface area contributed by atoms with Crippen molar-refractivity contribution in [1.82, 2.24) is 0 Å². The minimum absolute atomic E-state index is 0.155. The van der Waals surface area contributed by atoms with Gasteiger partial charge < -0.3 is 10.5 Å². The average molecular weight is 308 g/mol. The molecule has 0 radical (unpaired) electrons. The zero-order chi connectivity index (χ0) is 12.3. The summed E-state index contributed by atoms with van der Waals surface area (Å²) in [7, 11) is 0. The quantitative estimate of drug-likeness (QED) is 0.908. The molecule has 1 aliphatic heterocycles. The Morgan fingerprint density at radius 3 is 2.78 bits per heavy atom. The second-order valence-electron chi connectivity index (χ2n) is 6.09. The Morgan fingerprint density at radius 2 is 2.00 bits per heavy atom. The van der Waals surface area contributed by atoms with Gasteiger partial charge in [0, 0.05) is 22.5 Å². The van der Waals surface area contributed by atoms with E-state index in [9.17, 15) is 0 Å². The summed E-state index contributed by atoms with van der Waals surface area (Å²) in [5, 5.41) is 0. The number of nitrogens with two attached hydrogens (primary N) is 1. The van der Waals surface area contributed by atoms with Gasteiger partial charge in [0.25, 0.3) is 0 Å². The maximum atomic E-state index is 6.52. The van der Waals surface area contributed by atoms with Crippen LogP contribution in [0.1, 0.15) is 36.4 Å². The summed E-state index contributed by atoms with van der Waals surface area (Å²) in [6, 6.07) is 4.49. The Kier molecular flexibility index (Phi) is 2.50. The number of hydrogen-bond donors (Lipinski definition) is 1. The van der Waals surface area contributed by atoms with E-state index in [1.165, 1.54) is 30.4 Å². The molecular formula is C15H18BrNO. The van der Waals surface area contributed by atoms with E-state index in [0.717, 1.165) is 35.1 Å². The van der Waals surface area contributed by atoms with Gasteiger partial charge in [-0.25, -0.2) is 0 Å². The van der Waals surface area contributed by atoms with Gasteiger partial charge in [0.1, 0.15) is 5.75 Å². The second kappa shape index (κ2) is 3.97. The smallest absolute Gasteiger partial charge is 0.127 e. The first-order chi connectivity index (χ1) is 8.72. The fraction of sp³-hybridized carbons (Fsp3) is 0.600. The summed E-state index contributed by atoms with van der Waals surface area (Å²) >= 11 is 3.60. The van der Waals surface area contributed by atoms with E-state index in [4.69, 9.17) is 10.5 Å². The molecule has 1 heterocycles. The van der Waals surface area contributed by atoms with Crippen molar-refractivity contribution < 1.29 is 4.74 Å². The molecule has 0 saturated heterocycles. The summed E-state index contributed by atoms with van der Waals surface area (Å²) < 4.78 is 6.94. The molecule has 2 nitrogen and oxygen atoms in total. The second-order valence-corrected chi connectivity index (χ2v) is 7.01. The highest BCUT2D eigenvalue weighted by Gasteiger charge is 2.47. The van der Waals surface area contributed by atoms with Crippen LogP contribution in [0.15, 0.2) is 16.6 Å². The van der Waals surface area contributed by atoms with Gasteiger partial charge in [0.05, 0.1) is 6.61 Å². The zero-order valence-corrected chi connectivity index (χ0v) is 11.9. The minimum Gasteiger partial charge on any atom is -0.493 e. The standard InChI is InChI=1S/C15H18BrNO/c16-12-6-8-1-2-18-15(8)13(7-12)14(17)11-4-9-3-10(9)5-11/h6-7,9-11,14H,1-5,17H2. The van der Waals surface area contributed by atoms with E-state index in [1.807, 2.05) is 0 Å². The normalized spacial score (nSPS) is 33.8. The minimum atomic E-state index is 0.155. The van der Waals surface area contributed by atoms with Gasteiger partial charge in [-0.3, -0.25) is 0 Å². The summed E-state index contributed by atoms with van der Waals surface area (Å²) in [5.74, 6) is 3.71. The van der Waals surface area contributed by atoms with E-state index in [2.05, 4.69) is 28.1 Å². The van der Waals surface area contributed by atoms with Gasteiger partial charge in [0.15, 0.2) is 0 Å². The van der Waals surface area contributed by atoms with Gasteiger partial charge in [-0.15, -0.1) is 0 Å². The molecule has 3 unspecified atom stereocenters. The van der Waals surface area contributed by atoms with Gasteiger partial charge >= 0.3 is 0 Å². The van der Waals surface area contributed by atoms with E-state index in [-0.39, 0.29) is 6.04 Å². The summed E-state index contributed by atoms with van der Waals surface area (Å²) in [6.07, 6.45) is 5.13. The number of rotatable bonds is 2. The fourth-order valence-corrected chi connectivity index (χ4v) is 4.38. The van der Waals surface area contributed by atoms with Crippen molar-refractivity contribution in [2.75, 3.05) is 6.61 Å². The predicted octanol–water partition coefficient (Wildman–Crippen LogP) is 3.43. The third-order valence-corrected chi connectivity index (χ3v) is 5.38. The maximum absolute atomic E-state index is 6.52. The Bertz CT molecular complexity index is 492. The van der Waals surface area contributed by atoms with Crippen molar-refractivity contribution in [3.05, 3.63) is 27.7 Å². The van der Waals surface area contributed by atoms with Gasteiger partial charge in [0.2, 0.25) is 0 Å². The molecule has 0 amide bonds. The van der Waals surface area contributed by atoms with E-state index >= 15 is 0 Å². The molecule has 2 aliphatic carbocycles. The molecule has 96 valence electrons. The first-order valence-corrected chi connectivity index (χ1v) is 7.72. The average Bonchev–Trinajstić information content (AvgIpc) is 2.80. The lowest BCUT2D eigenvalue weighted by atomic mass is 9.88. The van der Waals surface area contributed by atoms with Crippen molar-refractivity contribution in [2.45, 2.75) is 31.7 Å². The fourth-order valence-electron chi connectivity index (χ4n) is 3.85. The molecular weight excluding hydrogens is 290 g/mol. The summed E-state index contributed by atoms with van der Waals surface area (Å²) in [5.41, 5.74) is 9.07. The van der Waals surface area contributed by atoms with Crippen LogP contribution < -0.4 is 10.5 Å². The van der Waals surface area contributed by atoms with Gasteiger partial charge in [-0.05, 0) is 54.7 Å². The SMILES string of the molecule is NC(c1cc(Br)cc2c1OCC2)C1CC2CC2C1. The largest absolute Gasteiger partial charge is 0.493 e. The Balaban J connectivity index is 1.67. The van der Waals surface area contributed by atoms with Crippen molar-refractivity contribution in [2.24, 2.45) is 23.5 Å². The highest BCUT2D eigenvalue weighted by molar-refractivity contribution is 9.10. The molecule has 1 aromatic rings. The zero-order valence-electron chi connectivity index (χ0n) is 10.4. The van der Waals surface area contributed by atoms with Crippen LogP contribution in [0.2, 0.25) is 0 Å². The summed E-state index contributed by atoms with van der Waals surface area (Å²) in [6.45, 7) is 0.807. The van der Waals surface area contributed by atoms with Crippen LogP contribution in [-0.4, -0.2) is 6.61 Å². The Morgan fingerprint density at radius 1 is 1.22 bits per heavy atom. The lowest BCUT2D eigenvalue weighted by molar-refractivity contribution is 0.339. The van der Waals surface area contributed by atoms with Gasteiger partial charge in [-0.1, -0.05) is 15.9 Å². The third kappa shape index (κ3) is 1.71. The maximum Gasteiger partial charge on any atom is 0.127 e. The molecule has 2 saturated carbocycles. The molecule has 2 fully saturated rings. The van der Waals surface area contributed by atoms with Gasteiger partial charge in [-0.2, -0.15) is 0 Å². The van der Waals surface area contributed by atoms with Crippen LogP contribution in [0.3, 0.4) is 0 Å². The molecule has 0 aromatic heterocycles. The van der Waals surface area contributed by atoms with Crippen LogP contribution in [0.25, 0.3) is 0 Å². The Hall–Kier alpha value is -0.540. The number of fused-ring (bicyclic) bond motifs is 2. The van der Waals surface area contributed by atoms with Crippen LogP contribution >= 0.6 is 15.9 Å². The lowest BCUT2D eigenvalue weighted by Crippen LogP contribution is -2.21. The third-order valence-electron chi connectivity index (χ3n) is 4.92. The highest BCUT2D eigenvalue weighted by Crippen LogP contribution is 2.57. The monoisotopic (exact) mass is 307 g/mol. The summed E-state index contributed by atoms with van der Waals surface area (Å²) in [4.78, 5) is 0. The van der Waals surface area contributed by atoms with Crippen LogP contribution in [0.4, 0.5) is 0 Å². The first-order valence-electron chi connectivity index (χ1n) is 6.93. The molecule has 4 rings (SSSR count). The van der Waals surface area contributed by atoms with Crippen LogP contribution in [-0.2, 0) is 6.42 Å². The Labute approximate surface area is 116 Å². The van der Waals surface area contributed by atoms with Crippen molar-refractivity contribution in [1.29, 1.82) is 0 Å². The molecule has 3 atom stereocenters. The number of ether oxygens (including phenoxy) is 1. The molecule has 0 spiro atoms. The topological polar surface area (TPSA) is 35.2 Å². The van der Waals surface area contributed by atoms with E-state index < -0.39 is 0 Å². The molecule has 1 aromatic carbocycles. The molecule has 18 heavy (non-hydrogen) atoms. The first kappa shape index (κ1) is 11.3. The van der Waals surface area contributed by atoms with Crippen LogP contribution in [0.5, 0.6) is 5.75 Å². The van der Waals surface area contributed by atoms with E-state index in [1.54, 1.807) is 0 Å². The number of hydrogen-bond acceptors (Lipinski definition) is 2. The van der Waals surface area contributed by atoms with Crippen molar-refractivity contribution >= 4 is 15.9 Å². The lowest BCUT2D eigenvalue weighted by Gasteiger charge is -2.23. The number of halogens is 1. The predicted molar refractivity (Wildman–Crippen MR) is 74.6 cm³/mol. The van der Waals surface area contributed by atoms with Crippen LogP contribution in [0, 0.1) is 17.8 Å². The van der Waals surface area contributed by atoms with Crippen molar-refractivity contribution in [3.63, 3.8) is 0 Å². The molecule has 3 aliphatic rings. The molecule has 2 N–H and O–H groups in total. The van der Waals surface area contributed by atoms with Crippen molar-refractivity contribution in [3.8, 4) is 5.75 Å².